The summed E-state index contributed by atoms with van der Waals surface area (Å²) in [4.78, 5) is 4.75. The van der Waals surface area contributed by atoms with Crippen molar-refractivity contribution in [3.63, 3.8) is 0 Å². The van der Waals surface area contributed by atoms with Crippen molar-refractivity contribution in [1.82, 2.24) is 24.5 Å². The summed E-state index contributed by atoms with van der Waals surface area (Å²) in [6.45, 7) is 1.46. The number of nitrogens with one attached hydrogen (secondary N) is 1. The summed E-state index contributed by atoms with van der Waals surface area (Å²) in [6.07, 6.45) is 3.71. The summed E-state index contributed by atoms with van der Waals surface area (Å²) >= 11 is 0. The molecule has 0 radical (unpaired) electrons. The van der Waals surface area contributed by atoms with E-state index in [1.54, 1.807) is 10.9 Å². The number of nitrogens with zero attached hydrogens (tertiary/aromatic N) is 5. The van der Waals surface area contributed by atoms with Crippen molar-refractivity contribution in [2.24, 2.45) is 14.1 Å². The Morgan fingerprint density at radius 3 is 2.67 bits per heavy atom. The quantitative estimate of drug-likeness (QED) is 0.547. The van der Waals surface area contributed by atoms with Crippen LogP contribution in [0, 0.1) is 0 Å². The highest BCUT2D eigenvalue weighted by Gasteiger charge is 2.19. The molecule has 0 atom stereocenters. The van der Waals surface area contributed by atoms with Gasteiger partial charge in [-0.25, -0.2) is 4.98 Å². The van der Waals surface area contributed by atoms with Crippen LogP contribution in [0.25, 0.3) is 22.3 Å². The van der Waals surface area contributed by atoms with E-state index in [0.717, 1.165) is 59.9 Å². The average molecular weight is 404 g/mol. The first kappa shape index (κ1) is 18.6. The van der Waals surface area contributed by atoms with Gasteiger partial charge < -0.3 is 14.8 Å². The molecule has 1 fully saturated rings. The van der Waals surface area contributed by atoms with E-state index in [0.29, 0.717) is 5.82 Å². The Labute approximate surface area is 174 Å². The largest absolute Gasteiger partial charge is 0.489 e. The Balaban J connectivity index is 1.47. The van der Waals surface area contributed by atoms with Crippen LogP contribution < -0.4 is 10.1 Å². The SMILES string of the molecule is Cn1nc(-c2ccccc2)cc1Nc1cc(OC2CCOCC2)c2cnn(C)c2n1. The molecule has 8 nitrogen and oxygen atoms in total. The molecule has 0 spiro atoms. The van der Waals surface area contributed by atoms with Crippen molar-refractivity contribution in [3.05, 3.63) is 48.7 Å². The van der Waals surface area contributed by atoms with E-state index in [2.05, 4.69) is 15.5 Å². The number of aryl methyl sites for hydroxylation is 2. The Hall–Kier alpha value is -3.39. The van der Waals surface area contributed by atoms with Crippen molar-refractivity contribution in [2.45, 2.75) is 18.9 Å². The van der Waals surface area contributed by atoms with Gasteiger partial charge in [-0.15, -0.1) is 0 Å². The van der Waals surface area contributed by atoms with Crippen LogP contribution in [0.1, 0.15) is 12.8 Å². The van der Waals surface area contributed by atoms with E-state index in [1.165, 1.54) is 0 Å². The third kappa shape index (κ3) is 3.61. The zero-order valence-corrected chi connectivity index (χ0v) is 17.1. The second-order valence-corrected chi connectivity index (χ2v) is 7.47. The fourth-order valence-electron chi connectivity index (χ4n) is 3.69. The number of anilines is 2. The number of benzene rings is 1. The molecule has 5 rings (SSSR count). The minimum Gasteiger partial charge on any atom is -0.489 e. The standard InChI is InChI=1S/C22H24N6O2/c1-27-21(12-18(26-27)15-6-4-3-5-7-15)24-20-13-19(30-16-8-10-29-11-9-16)17-14-23-28(2)22(17)25-20/h3-7,12-14,16H,8-11H2,1-2H3,(H,24,25). The zero-order valence-electron chi connectivity index (χ0n) is 17.1. The monoisotopic (exact) mass is 404 g/mol. The highest BCUT2D eigenvalue weighted by Crippen LogP contribution is 2.31. The first-order valence-corrected chi connectivity index (χ1v) is 10.1. The fraction of sp³-hybridized carbons (Fsp3) is 0.318. The Morgan fingerprint density at radius 2 is 1.87 bits per heavy atom. The molecule has 0 amide bonds. The summed E-state index contributed by atoms with van der Waals surface area (Å²) in [5.74, 6) is 2.32. The molecule has 154 valence electrons. The molecule has 0 unspecified atom stereocenters. The summed E-state index contributed by atoms with van der Waals surface area (Å²) in [5.41, 5.74) is 2.74. The van der Waals surface area contributed by atoms with Gasteiger partial charge in [0.05, 0.1) is 30.5 Å². The van der Waals surface area contributed by atoms with E-state index >= 15 is 0 Å². The first-order chi connectivity index (χ1) is 14.7. The summed E-state index contributed by atoms with van der Waals surface area (Å²) in [6, 6.07) is 14.1. The number of aromatic nitrogens is 5. The van der Waals surface area contributed by atoms with Crippen molar-refractivity contribution in [2.75, 3.05) is 18.5 Å². The number of pyridine rings is 1. The first-order valence-electron chi connectivity index (χ1n) is 10.1. The third-order valence-electron chi connectivity index (χ3n) is 5.33. The van der Waals surface area contributed by atoms with E-state index in [4.69, 9.17) is 14.5 Å². The molecular formula is C22H24N6O2. The molecule has 4 aromatic rings. The molecule has 1 N–H and O–H groups in total. The van der Waals surface area contributed by atoms with Gasteiger partial charge in [0.15, 0.2) is 5.65 Å². The van der Waals surface area contributed by atoms with E-state index < -0.39 is 0 Å². The smallest absolute Gasteiger partial charge is 0.163 e. The molecule has 30 heavy (non-hydrogen) atoms. The van der Waals surface area contributed by atoms with Crippen LogP contribution in [-0.4, -0.2) is 43.9 Å². The molecular weight excluding hydrogens is 380 g/mol. The molecule has 0 bridgehead atoms. The summed E-state index contributed by atoms with van der Waals surface area (Å²) in [7, 11) is 3.80. The molecule has 0 aliphatic carbocycles. The third-order valence-corrected chi connectivity index (χ3v) is 5.33. The van der Waals surface area contributed by atoms with Gasteiger partial charge >= 0.3 is 0 Å². The summed E-state index contributed by atoms with van der Waals surface area (Å²) in [5, 5.41) is 13.3. The van der Waals surface area contributed by atoms with Gasteiger partial charge in [-0.2, -0.15) is 10.2 Å². The maximum absolute atomic E-state index is 6.33. The van der Waals surface area contributed by atoms with Crippen molar-refractivity contribution in [1.29, 1.82) is 0 Å². The van der Waals surface area contributed by atoms with Crippen LogP contribution in [0.2, 0.25) is 0 Å². The number of ether oxygens (including phenoxy) is 2. The van der Waals surface area contributed by atoms with Gasteiger partial charge in [0, 0.05) is 44.6 Å². The second-order valence-electron chi connectivity index (χ2n) is 7.47. The number of fused-ring (bicyclic) bond motifs is 1. The lowest BCUT2D eigenvalue weighted by Gasteiger charge is -2.23. The van der Waals surface area contributed by atoms with Gasteiger partial charge in [-0.1, -0.05) is 30.3 Å². The van der Waals surface area contributed by atoms with Crippen LogP contribution in [-0.2, 0) is 18.8 Å². The molecule has 1 saturated heterocycles. The van der Waals surface area contributed by atoms with Crippen molar-refractivity contribution < 1.29 is 9.47 Å². The van der Waals surface area contributed by atoms with E-state index in [1.807, 2.05) is 61.2 Å². The lowest BCUT2D eigenvalue weighted by molar-refractivity contribution is 0.0262. The average Bonchev–Trinajstić information content (AvgIpc) is 3.33. The van der Waals surface area contributed by atoms with Crippen molar-refractivity contribution >= 4 is 22.7 Å². The molecule has 0 saturated carbocycles. The number of rotatable bonds is 5. The fourth-order valence-corrected chi connectivity index (χ4v) is 3.69. The van der Waals surface area contributed by atoms with Gasteiger partial charge in [0.25, 0.3) is 0 Å². The van der Waals surface area contributed by atoms with Gasteiger partial charge in [-0.05, 0) is 0 Å². The van der Waals surface area contributed by atoms with Crippen LogP contribution >= 0.6 is 0 Å². The van der Waals surface area contributed by atoms with Gasteiger partial charge in [0.2, 0.25) is 0 Å². The number of hydrogen-bond donors (Lipinski definition) is 1. The molecule has 8 heteroatoms. The highest BCUT2D eigenvalue weighted by atomic mass is 16.5. The van der Waals surface area contributed by atoms with Gasteiger partial charge in [0.1, 0.15) is 23.5 Å². The normalized spacial score (nSPS) is 14.9. The maximum atomic E-state index is 6.33. The Morgan fingerprint density at radius 1 is 1.07 bits per heavy atom. The Kier molecular flexibility index (Phi) is 4.84. The van der Waals surface area contributed by atoms with E-state index in [9.17, 15) is 0 Å². The van der Waals surface area contributed by atoms with Crippen LogP contribution in [0.5, 0.6) is 5.75 Å². The van der Waals surface area contributed by atoms with Crippen LogP contribution in [0.4, 0.5) is 11.6 Å². The molecule has 3 aromatic heterocycles. The Bertz CT molecular complexity index is 1160. The molecule has 1 aliphatic rings. The number of hydrogen-bond acceptors (Lipinski definition) is 6. The minimum absolute atomic E-state index is 0.138. The minimum atomic E-state index is 0.138. The lowest BCUT2D eigenvalue weighted by atomic mass is 10.1. The molecule has 1 aliphatic heterocycles. The predicted molar refractivity (Wildman–Crippen MR) is 115 cm³/mol. The molecule has 1 aromatic carbocycles. The van der Waals surface area contributed by atoms with E-state index in [-0.39, 0.29) is 6.10 Å². The maximum Gasteiger partial charge on any atom is 0.163 e. The highest BCUT2D eigenvalue weighted by molar-refractivity contribution is 5.84. The van der Waals surface area contributed by atoms with Crippen LogP contribution in [0.3, 0.4) is 0 Å². The van der Waals surface area contributed by atoms with Crippen molar-refractivity contribution in [3.8, 4) is 17.0 Å². The van der Waals surface area contributed by atoms with Gasteiger partial charge in [-0.3, -0.25) is 9.36 Å². The second kappa shape index (κ2) is 7.79. The summed E-state index contributed by atoms with van der Waals surface area (Å²) < 4.78 is 15.4. The topological polar surface area (TPSA) is 79.0 Å². The van der Waals surface area contributed by atoms with Crippen LogP contribution in [0.15, 0.2) is 48.7 Å². The molecule has 4 heterocycles. The zero-order chi connectivity index (χ0) is 20.5. The lowest BCUT2D eigenvalue weighted by Crippen LogP contribution is -2.26. The predicted octanol–water partition coefficient (Wildman–Crippen LogP) is 3.67.